The number of methoxy groups -OCH3 is 1. The summed E-state index contributed by atoms with van der Waals surface area (Å²) >= 11 is 3.62. The number of hydrogen-bond acceptors (Lipinski definition) is 5. The van der Waals surface area contributed by atoms with Crippen LogP contribution in [0.15, 0.2) is 65.3 Å². The van der Waals surface area contributed by atoms with Gasteiger partial charge in [0.1, 0.15) is 13.2 Å². The second-order valence-corrected chi connectivity index (χ2v) is 7.37. The fourth-order valence-corrected chi connectivity index (χ4v) is 3.43. The Labute approximate surface area is 180 Å². The minimum Gasteiger partial charge on any atom is -0.493 e. The molecule has 0 aliphatic carbocycles. The highest BCUT2D eigenvalue weighted by molar-refractivity contribution is 9.10. The fraction of sp³-hybridized carbons (Fsp3) is 0.261. The van der Waals surface area contributed by atoms with Crippen molar-refractivity contribution in [3.63, 3.8) is 0 Å². The summed E-state index contributed by atoms with van der Waals surface area (Å²) in [6, 6.07) is 17.8. The van der Waals surface area contributed by atoms with E-state index < -0.39 is 0 Å². The zero-order valence-electron chi connectivity index (χ0n) is 16.7. The molecule has 0 amide bonds. The molecule has 29 heavy (non-hydrogen) atoms. The summed E-state index contributed by atoms with van der Waals surface area (Å²) in [5.74, 6) is 2.04. The third kappa shape index (κ3) is 6.21. The van der Waals surface area contributed by atoms with E-state index in [1.54, 1.807) is 13.3 Å². The highest BCUT2D eigenvalue weighted by Gasteiger charge is 2.12. The van der Waals surface area contributed by atoms with Gasteiger partial charge in [-0.2, -0.15) is 0 Å². The van der Waals surface area contributed by atoms with Gasteiger partial charge in [-0.1, -0.05) is 30.3 Å². The van der Waals surface area contributed by atoms with E-state index in [0.29, 0.717) is 43.7 Å². The number of rotatable bonds is 10. The molecule has 0 aliphatic heterocycles. The first-order chi connectivity index (χ1) is 14.2. The van der Waals surface area contributed by atoms with Crippen LogP contribution in [0.2, 0.25) is 0 Å². The topological polar surface area (TPSA) is 52.6 Å². The molecule has 0 radical (unpaired) electrons. The third-order valence-corrected chi connectivity index (χ3v) is 5.01. The molecule has 6 heteroatoms. The maximum Gasteiger partial charge on any atom is 0.213 e. The Bertz CT molecular complexity index is 919. The summed E-state index contributed by atoms with van der Waals surface area (Å²) in [5.41, 5.74) is 3.45. The summed E-state index contributed by atoms with van der Waals surface area (Å²) in [4.78, 5) is 4.14. The molecule has 1 heterocycles. The molecule has 2 aromatic carbocycles. The van der Waals surface area contributed by atoms with Crippen molar-refractivity contribution in [3.8, 4) is 17.4 Å². The van der Waals surface area contributed by atoms with E-state index in [-0.39, 0.29) is 0 Å². The van der Waals surface area contributed by atoms with Crippen LogP contribution in [0.4, 0.5) is 0 Å². The number of aryl methyl sites for hydroxylation is 1. The van der Waals surface area contributed by atoms with Gasteiger partial charge in [0.2, 0.25) is 5.88 Å². The first kappa shape index (κ1) is 21.1. The second-order valence-electron chi connectivity index (χ2n) is 6.52. The van der Waals surface area contributed by atoms with Crippen molar-refractivity contribution in [1.29, 1.82) is 0 Å². The highest BCUT2D eigenvalue weighted by Crippen LogP contribution is 2.37. The van der Waals surface area contributed by atoms with Gasteiger partial charge in [-0.3, -0.25) is 0 Å². The van der Waals surface area contributed by atoms with Gasteiger partial charge < -0.3 is 19.5 Å². The van der Waals surface area contributed by atoms with Crippen molar-refractivity contribution in [2.75, 3.05) is 20.3 Å². The van der Waals surface area contributed by atoms with Gasteiger partial charge in [-0.05, 0) is 57.7 Å². The van der Waals surface area contributed by atoms with Gasteiger partial charge in [-0.25, -0.2) is 4.98 Å². The van der Waals surface area contributed by atoms with Crippen LogP contribution in [-0.4, -0.2) is 25.2 Å². The molecule has 3 aromatic rings. The van der Waals surface area contributed by atoms with E-state index in [2.05, 4.69) is 45.3 Å². The lowest BCUT2D eigenvalue weighted by Gasteiger charge is -2.15. The van der Waals surface area contributed by atoms with E-state index in [1.165, 1.54) is 5.56 Å². The fourth-order valence-electron chi connectivity index (χ4n) is 2.83. The maximum atomic E-state index is 6.05. The molecule has 3 rings (SSSR count). The number of aromatic nitrogens is 1. The van der Waals surface area contributed by atoms with E-state index >= 15 is 0 Å². The summed E-state index contributed by atoms with van der Waals surface area (Å²) in [5, 5.41) is 3.37. The van der Waals surface area contributed by atoms with Crippen LogP contribution >= 0.6 is 15.9 Å². The minimum absolute atomic E-state index is 0.490. The van der Waals surface area contributed by atoms with Crippen LogP contribution < -0.4 is 19.5 Å². The van der Waals surface area contributed by atoms with Gasteiger partial charge in [0.05, 0.1) is 11.6 Å². The Kier molecular flexibility index (Phi) is 7.90. The van der Waals surface area contributed by atoms with Crippen molar-refractivity contribution in [1.82, 2.24) is 10.3 Å². The van der Waals surface area contributed by atoms with Crippen LogP contribution in [0.5, 0.6) is 17.4 Å². The summed E-state index contributed by atoms with van der Waals surface area (Å²) in [7, 11) is 1.65. The number of ether oxygens (including phenoxy) is 3. The molecule has 0 saturated carbocycles. The van der Waals surface area contributed by atoms with Crippen LogP contribution in [0.3, 0.4) is 0 Å². The van der Waals surface area contributed by atoms with Crippen LogP contribution in [0.1, 0.15) is 16.7 Å². The van der Waals surface area contributed by atoms with E-state index in [1.807, 2.05) is 42.5 Å². The number of hydrogen-bond donors (Lipinski definition) is 1. The standard InChI is InChI=1S/C23H25BrN2O3/c1-17-7-3-4-8-19(17)16-29-23-20(24)13-18(14-21(23)27-2)15-25-11-12-28-22-9-5-6-10-26-22/h3-10,13-14,25H,11-12,15-16H2,1-2H3. The molecule has 0 unspecified atom stereocenters. The smallest absolute Gasteiger partial charge is 0.213 e. The molecule has 152 valence electrons. The predicted octanol–water partition coefficient (Wildman–Crippen LogP) is 4.91. The normalized spacial score (nSPS) is 10.6. The monoisotopic (exact) mass is 456 g/mol. The first-order valence-corrected chi connectivity index (χ1v) is 10.2. The number of halogens is 1. The molecular weight excluding hydrogens is 432 g/mol. The molecule has 0 spiro atoms. The van der Waals surface area contributed by atoms with Crippen molar-refractivity contribution in [3.05, 3.63) is 82.0 Å². The first-order valence-electron chi connectivity index (χ1n) is 9.45. The van der Waals surface area contributed by atoms with Gasteiger partial charge in [0, 0.05) is 25.4 Å². The van der Waals surface area contributed by atoms with Crippen LogP contribution in [0.25, 0.3) is 0 Å². The Hall–Kier alpha value is -2.57. The van der Waals surface area contributed by atoms with Gasteiger partial charge in [0.15, 0.2) is 11.5 Å². The number of nitrogens with one attached hydrogen (secondary N) is 1. The quantitative estimate of drug-likeness (QED) is 0.439. The highest BCUT2D eigenvalue weighted by atomic mass is 79.9. The Morgan fingerprint density at radius 2 is 1.86 bits per heavy atom. The second kappa shape index (κ2) is 10.8. The zero-order valence-corrected chi connectivity index (χ0v) is 18.2. The van der Waals surface area contributed by atoms with Crippen molar-refractivity contribution >= 4 is 15.9 Å². The zero-order chi connectivity index (χ0) is 20.5. The maximum absolute atomic E-state index is 6.05. The lowest BCUT2D eigenvalue weighted by atomic mass is 10.1. The van der Waals surface area contributed by atoms with Crippen LogP contribution in [0, 0.1) is 6.92 Å². The Morgan fingerprint density at radius 3 is 2.62 bits per heavy atom. The Morgan fingerprint density at radius 1 is 1.03 bits per heavy atom. The molecule has 0 saturated heterocycles. The predicted molar refractivity (Wildman–Crippen MR) is 118 cm³/mol. The van der Waals surface area contributed by atoms with Crippen molar-refractivity contribution in [2.45, 2.75) is 20.1 Å². The third-order valence-electron chi connectivity index (χ3n) is 4.42. The molecule has 0 fully saturated rings. The number of benzene rings is 2. The lowest BCUT2D eigenvalue weighted by molar-refractivity contribution is 0.281. The molecule has 1 N–H and O–H groups in total. The number of nitrogens with zero attached hydrogens (tertiary/aromatic N) is 1. The average molecular weight is 457 g/mol. The number of pyridine rings is 1. The molecule has 0 atom stereocenters. The molecule has 0 aliphatic rings. The average Bonchev–Trinajstić information content (AvgIpc) is 2.74. The van der Waals surface area contributed by atoms with E-state index in [9.17, 15) is 0 Å². The summed E-state index contributed by atoms with van der Waals surface area (Å²) in [6.07, 6.45) is 1.72. The molecule has 5 nitrogen and oxygen atoms in total. The largest absolute Gasteiger partial charge is 0.493 e. The minimum atomic E-state index is 0.490. The molecular formula is C23H25BrN2O3. The van der Waals surface area contributed by atoms with Crippen molar-refractivity contribution in [2.24, 2.45) is 0 Å². The molecule has 1 aromatic heterocycles. The van der Waals surface area contributed by atoms with Crippen LogP contribution in [-0.2, 0) is 13.2 Å². The summed E-state index contributed by atoms with van der Waals surface area (Å²) < 4.78 is 18.1. The van der Waals surface area contributed by atoms with Crippen molar-refractivity contribution < 1.29 is 14.2 Å². The van der Waals surface area contributed by atoms with E-state index in [0.717, 1.165) is 15.6 Å². The van der Waals surface area contributed by atoms with Gasteiger partial charge in [0.25, 0.3) is 0 Å². The molecule has 0 bridgehead atoms. The van der Waals surface area contributed by atoms with E-state index in [4.69, 9.17) is 14.2 Å². The Balaban J connectivity index is 1.54. The SMILES string of the molecule is COc1cc(CNCCOc2ccccn2)cc(Br)c1OCc1ccccc1C. The van der Waals surface area contributed by atoms with Gasteiger partial charge >= 0.3 is 0 Å². The van der Waals surface area contributed by atoms with Gasteiger partial charge in [-0.15, -0.1) is 0 Å². The summed E-state index contributed by atoms with van der Waals surface area (Å²) in [6.45, 7) is 4.52. The lowest BCUT2D eigenvalue weighted by Crippen LogP contribution is -2.20.